The lowest BCUT2D eigenvalue weighted by molar-refractivity contribution is -0.116. The Morgan fingerprint density at radius 2 is 2.50 bits per heavy atom. The molecule has 1 amide bonds. The molecule has 0 aliphatic rings. The molecule has 34 valence electrons. The number of hydrazine groups is 1. The molecule has 0 unspecified atom stereocenters. The minimum atomic E-state index is -0.366. The summed E-state index contributed by atoms with van der Waals surface area (Å²) in [6.07, 6.45) is 1.10. The molecule has 3 nitrogen and oxygen atoms in total. The van der Waals surface area contributed by atoms with Crippen LogP contribution >= 0.6 is 0 Å². The van der Waals surface area contributed by atoms with Gasteiger partial charge in [0, 0.05) is 0 Å². The molecule has 3 heteroatoms. The largest absolute Gasteiger partial charge is 0.291 e. The van der Waals surface area contributed by atoms with Gasteiger partial charge < -0.3 is 0 Å². The van der Waals surface area contributed by atoms with Gasteiger partial charge in [-0.2, -0.15) is 0 Å². The van der Waals surface area contributed by atoms with Crippen LogP contribution in [-0.2, 0) is 4.79 Å². The van der Waals surface area contributed by atoms with Crippen LogP contribution in [0, 0.1) is 0 Å². The number of carbonyl (C=O) groups is 1. The van der Waals surface area contributed by atoms with Gasteiger partial charge in [-0.25, -0.2) is 5.84 Å². The zero-order valence-electron chi connectivity index (χ0n) is 3.27. The van der Waals surface area contributed by atoms with Crippen molar-refractivity contribution in [2.24, 2.45) is 5.84 Å². The molecule has 0 bridgehead atoms. The van der Waals surface area contributed by atoms with Gasteiger partial charge in [-0.1, -0.05) is 6.58 Å². The summed E-state index contributed by atoms with van der Waals surface area (Å²) in [5.41, 5.74) is 1.86. The maximum Gasteiger partial charge on any atom is 0.257 e. The second kappa shape index (κ2) is 2.41. The second-order valence-corrected chi connectivity index (χ2v) is 0.713. The quantitative estimate of drug-likeness (QED) is 0.189. The van der Waals surface area contributed by atoms with Crippen LogP contribution in [0.25, 0.3) is 0 Å². The molecule has 0 fully saturated rings. The zero-order chi connectivity index (χ0) is 4.99. The molecule has 0 atom stereocenters. The lowest BCUT2D eigenvalue weighted by Crippen LogP contribution is -2.27. The summed E-state index contributed by atoms with van der Waals surface area (Å²) in [5.74, 6) is 4.25. The van der Waals surface area contributed by atoms with E-state index in [2.05, 4.69) is 12.4 Å². The van der Waals surface area contributed by atoms with Crippen LogP contribution < -0.4 is 11.3 Å². The lowest BCUT2D eigenvalue weighted by atomic mass is 10.6. The topological polar surface area (TPSA) is 55.1 Å². The van der Waals surface area contributed by atoms with Crippen molar-refractivity contribution in [3.05, 3.63) is 12.7 Å². The Balaban J connectivity index is 3.23. The zero-order valence-corrected chi connectivity index (χ0v) is 3.27. The molecular weight excluding hydrogens is 80.0 g/mol. The van der Waals surface area contributed by atoms with Crippen molar-refractivity contribution in [1.29, 1.82) is 0 Å². The smallest absolute Gasteiger partial charge is 0.257 e. The molecule has 0 aliphatic heterocycles. The van der Waals surface area contributed by atoms with Crippen LogP contribution in [0.15, 0.2) is 12.7 Å². The van der Waals surface area contributed by atoms with Gasteiger partial charge in [0.05, 0.1) is 0 Å². The standard InChI is InChI=1S/C3H6N2O/c1-2-3(6)5-4/h2H,1,4H2,(H,5,6). The molecule has 0 aromatic carbocycles. The number of rotatable bonds is 1. The molecule has 3 N–H and O–H groups in total. The van der Waals surface area contributed by atoms with Crippen molar-refractivity contribution >= 4 is 5.91 Å². The molecular formula is C3H6N2O. The Labute approximate surface area is 35.8 Å². The summed E-state index contributed by atoms with van der Waals surface area (Å²) in [6, 6.07) is 0. The Kier molecular flexibility index (Phi) is 2.08. The van der Waals surface area contributed by atoms with E-state index in [-0.39, 0.29) is 5.91 Å². The van der Waals surface area contributed by atoms with E-state index in [9.17, 15) is 4.79 Å². The van der Waals surface area contributed by atoms with Gasteiger partial charge in [-0.15, -0.1) is 0 Å². The summed E-state index contributed by atoms with van der Waals surface area (Å²) in [6.45, 7) is 3.14. The van der Waals surface area contributed by atoms with Gasteiger partial charge >= 0.3 is 0 Å². The maximum absolute atomic E-state index is 9.83. The first-order valence-corrected chi connectivity index (χ1v) is 1.44. The Morgan fingerprint density at radius 1 is 2.00 bits per heavy atom. The highest BCUT2D eigenvalue weighted by molar-refractivity contribution is 5.86. The highest BCUT2D eigenvalue weighted by atomic mass is 16.2. The predicted molar refractivity (Wildman–Crippen MR) is 22.5 cm³/mol. The molecule has 0 saturated carbocycles. The number of nitrogens with one attached hydrogen (secondary N) is 1. The number of amides is 1. The fraction of sp³-hybridized carbons (Fsp3) is 0. The van der Waals surface area contributed by atoms with Crippen molar-refractivity contribution in [1.82, 2.24) is 5.43 Å². The SMILES string of the molecule is C=CC(=O)NN. The van der Waals surface area contributed by atoms with E-state index in [1.54, 1.807) is 0 Å². The highest BCUT2D eigenvalue weighted by Crippen LogP contribution is 1.54. The number of hydrogen-bond acceptors (Lipinski definition) is 2. The predicted octanol–water partition coefficient (Wildman–Crippen LogP) is -0.838. The fourth-order valence-corrected chi connectivity index (χ4v) is 0.0589. The summed E-state index contributed by atoms with van der Waals surface area (Å²) >= 11 is 0. The molecule has 0 rings (SSSR count). The van der Waals surface area contributed by atoms with Crippen LogP contribution in [0.2, 0.25) is 0 Å². The van der Waals surface area contributed by atoms with Crippen LogP contribution in [0.3, 0.4) is 0 Å². The second-order valence-electron chi connectivity index (χ2n) is 0.713. The van der Waals surface area contributed by atoms with Crippen molar-refractivity contribution < 1.29 is 4.79 Å². The Hall–Kier alpha value is -0.830. The van der Waals surface area contributed by atoms with Crippen LogP contribution in [0.5, 0.6) is 0 Å². The molecule has 0 radical (unpaired) electrons. The minimum absolute atomic E-state index is 0.366. The van der Waals surface area contributed by atoms with Gasteiger partial charge in [-0.05, 0) is 6.08 Å². The van der Waals surface area contributed by atoms with Crippen molar-refractivity contribution in [3.8, 4) is 0 Å². The Bertz CT molecular complexity index is 69.2. The maximum atomic E-state index is 9.83. The van der Waals surface area contributed by atoms with E-state index in [0.29, 0.717) is 0 Å². The molecule has 0 saturated heterocycles. The molecule has 0 aliphatic carbocycles. The van der Waals surface area contributed by atoms with Gasteiger partial charge in [0.25, 0.3) is 5.91 Å². The lowest BCUT2D eigenvalue weighted by Gasteiger charge is -1.82. The van der Waals surface area contributed by atoms with Crippen LogP contribution in [0.4, 0.5) is 0 Å². The van der Waals surface area contributed by atoms with E-state index in [0.717, 1.165) is 6.08 Å². The van der Waals surface area contributed by atoms with E-state index in [1.165, 1.54) is 0 Å². The third kappa shape index (κ3) is 1.49. The van der Waals surface area contributed by atoms with Crippen molar-refractivity contribution in [3.63, 3.8) is 0 Å². The molecule has 0 aromatic heterocycles. The summed E-state index contributed by atoms with van der Waals surface area (Å²) < 4.78 is 0. The monoisotopic (exact) mass is 86.0 g/mol. The van der Waals surface area contributed by atoms with E-state index in [1.807, 2.05) is 5.43 Å². The summed E-state index contributed by atoms with van der Waals surface area (Å²) in [5, 5.41) is 0. The normalized spacial score (nSPS) is 6.83. The highest BCUT2D eigenvalue weighted by Gasteiger charge is 1.79. The average Bonchev–Trinajstić information content (AvgIpc) is 1.65. The summed E-state index contributed by atoms with van der Waals surface area (Å²) in [7, 11) is 0. The van der Waals surface area contributed by atoms with E-state index >= 15 is 0 Å². The summed E-state index contributed by atoms with van der Waals surface area (Å²) in [4.78, 5) is 9.83. The number of carbonyl (C=O) groups excluding carboxylic acids is 1. The first kappa shape index (κ1) is 5.17. The van der Waals surface area contributed by atoms with Gasteiger partial charge in [0.2, 0.25) is 0 Å². The molecule has 0 aromatic rings. The van der Waals surface area contributed by atoms with Crippen LogP contribution in [-0.4, -0.2) is 5.91 Å². The van der Waals surface area contributed by atoms with Crippen molar-refractivity contribution in [2.75, 3.05) is 0 Å². The van der Waals surface area contributed by atoms with E-state index in [4.69, 9.17) is 0 Å². The fourth-order valence-electron chi connectivity index (χ4n) is 0.0589. The van der Waals surface area contributed by atoms with Crippen molar-refractivity contribution in [2.45, 2.75) is 0 Å². The first-order valence-electron chi connectivity index (χ1n) is 1.44. The molecule has 0 heterocycles. The van der Waals surface area contributed by atoms with Gasteiger partial charge in [0.1, 0.15) is 0 Å². The van der Waals surface area contributed by atoms with E-state index < -0.39 is 0 Å². The minimum Gasteiger partial charge on any atom is -0.291 e. The first-order chi connectivity index (χ1) is 2.81. The Morgan fingerprint density at radius 3 is 2.50 bits per heavy atom. The average molecular weight is 86.1 g/mol. The third-order valence-electron chi connectivity index (χ3n) is 0.328. The molecule has 0 spiro atoms. The molecule has 6 heavy (non-hydrogen) atoms. The van der Waals surface area contributed by atoms with Crippen LogP contribution in [0.1, 0.15) is 0 Å². The van der Waals surface area contributed by atoms with Gasteiger partial charge in [-0.3, -0.25) is 10.2 Å². The third-order valence-corrected chi connectivity index (χ3v) is 0.328. The number of nitrogens with two attached hydrogens (primary N) is 1. The number of hydrogen-bond donors (Lipinski definition) is 2. The van der Waals surface area contributed by atoms with Gasteiger partial charge in [0.15, 0.2) is 0 Å².